The molecule has 0 aromatic carbocycles. The van der Waals surface area contributed by atoms with Gasteiger partial charge in [0.15, 0.2) is 0 Å². The highest BCUT2D eigenvalue weighted by Gasteiger charge is 2.45. The molecule has 2 heterocycles. The molecule has 2 rings (SSSR count). The minimum absolute atomic E-state index is 0.000998. The summed E-state index contributed by atoms with van der Waals surface area (Å²) in [5.41, 5.74) is -0.0215. The van der Waals surface area contributed by atoms with Gasteiger partial charge in [0.2, 0.25) is 5.91 Å². The fourth-order valence-corrected chi connectivity index (χ4v) is 5.07. The molecule has 1 saturated heterocycles. The molecule has 0 spiro atoms. The quantitative estimate of drug-likeness (QED) is 0.383. The lowest BCUT2D eigenvalue weighted by atomic mass is 9.87. The summed E-state index contributed by atoms with van der Waals surface area (Å²) in [5.74, 6) is -3.88. The number of amides is 1. The number of likely N-dealkylation sites (N-methyl/N-ethyl adjacent to an activating group) is 1. The Morgan fingerprint density at radius 3 is 2.37 bits per heavy atom. The van der Waals surface area contributed by atoms with Crippen molar-refractivity contribution in [3.8, 4) is 0 Å². The first-order chi connectivity index (χ1) is 12.5. The van der Waals surface area contributed by atoms with Gasteiger partial charge in [0.1, 0.15) is 11.6 Å². The highest BCUT2D eigenvalue weighted by Crippen LogP contribution is 2.41. The molecular weight excluding hydrogens is 374 g/mol. The summed E-state index contributed by atoms with van der Waals surface area (Å²) in [6.07, 6.45) is -0.564. The Balaban J connectivity index is 2.16. The summed E-state index contributed by atoms with van der Waals surface area (Å²) in [6.45, 7) is 3.71. The summed E-state index contributed by atoms with van der Waals surface area (Å²) in [7, 11) is 3.37. The first-order valence-electron chi connectivity index (χ1n) is 8.80. The van der Waals surface area contributed by atoms with Gasteiger partial charge in [-0.3, -0.25) is 9.59 Å². The van der Waals surface area contributed by atoms with E-state index in [1.54, 1.807) is 21.0 Å². The van der Waals surface area contributed by atoms with Gasteiger partial charge in [-0.2, -0.15) is 0 Å². The Labute approximate surface area is 162 Å². The molecule has 5 N–H and O–H groups in total. The monoisotopic (exact) mass is 401 g/mol. The van der Waals surface area contributed by atoms with E-state index in [4.69, 9.17) is 0 Å². The zero-order valence-corrected chi connectivity index (χ0v) is 16.6. The molecule has 0 saturated carbocycles. The largest absolute Gasteiger partial charge is 0.481 e. The van der Waals surface area contributed by atoms with Crippen molar-refractivity contribution in [2.24, 2.45) is 11.8 Å². The summed E-state index contributed by atoms with van der Waals surface area (Å²) in [6, 6.07) is -1.03. The molecule has 2 aliphatic heterocycles. The molecule has 0 bridgehead atoms. The fraction of sp³-hybridized carbons (Fsp3) is 0.706. The normalized spacial score (nSPS) is 30.0. The number of carboxylic acid groups (broad SMARTS) is 2. The van der Waals surface area contributed by atoms with Crippen molar-refractivity contribution in [2.75, 3.05) is 20.6 Å². The number of rotatable bonds is 7. The number of aliphatic hydroxyl groups excluding tert-OH is 1. The number of nitrogens with zero attached hydrogens (tertiary/aromatic N) is 1. The SMILES string of the molecule is C[C@@H](O)[C@@H](C(=O)O)[C@@H]1NC(C(=O)O)=C(S[C@H]2CN[C@@H](C(=O)N(C)C)C2)[C@@H]1C. The van der Waals surface area contributed by atoms with Gasteiger partial charge < -0.3 is 30.9 Å². The molecule has 1 fully saturated rings. The van der Waals surface area contributed by atoms with E-state index in [0.29, 0.717) is 17.9 Å². The lowest BCUT2D eigenvalue weighted by molar-refractivity contribution is -0.147. The first kappa shape index (κ1) is 21.5. The number of nitrogens with one attached hydrogen (secondary N) is 2. The third-order valence-corrected chi connectivity index (χ3v) is 6.56. The van der Waals surface area contributed by atoms with E-state index in [1.165, 1.54) is 23.6 Å². The van der Waals surface area contributed by atoms with Crippen LogP contribution >= 0.6 is 11.8 Å². The summed E-state index contributed by atoms with van der Waals surface area (Å²) >= 11 is 1.37. The molecule has 27 heavy (non-hydrogen) atoms. The smallest absolute Gasteiger partial charge is 0.352 e. The van der Waals surface area contributed by atoms with Crippen LogP contribution in [0.15, 0.2) is 10.6 Å². The van der Waals surface area contributed by atoms with E-state index in [9.17, 15) is 29.7 Å². The van der Waals surface area contributed by atoms with E-state index in [-0.39, 0.29) is 28.8 Å². The number of carboxylic acids is 2. The van der Waals surface area contributed by atoms with E-state index in [0.717, 1.165) is 0 Å². The zero-order valence-electron chi connectivity index (χ0n) is 15.8. The molecule has 10 heteroatoms. The first-order valence-corrected chi connectivity index (χ1v) is 9.68. The Kier molecular flexibility index (Phi) is 6.77. The van der Waals surface area contributed by atoms with Crippen molar-refractivity contribution in [2.45, 2.75) is 43.7 Å². The standard InChI is InChI=1S/C17H27N3O6S/c1-7-12(11(8(2)21)16(23)24)19-13(17(25)26)14(7)27-9-5-10(18-6-9)15(22)20(3)4/h7-12,18-19,21H,5-6H2,1-4H3,(H,23,24)(H,25,26)/t7-,8-,9-,10-,11-,12-/m1/s1. The van der Waals surface area contributed by atoms with Crippen LogP contribution in [0, 0.1) is 11.8 Å². The van der Waals surface area contributed by atoms with Gasteiger partial charge in [0, 0.05) is 42.8 Å². The van der Waals surface area contributed by atoms with Crippen molar-refractivity contribution < 1.29 is 29.7 Å². The van der Waals surface area contributed by atoms with Gasteiger partial charge in [-0.15, -0.1) is 11.8 Å². The van der Waals surface area contributed by atoms with E-state index >= 15 is 0 Å². The van der Waals surface area contributed by atoms with Gasteiger partial charge >= 0.3 is 11.9 Å². The Bertz CT molecular complexity index is 651. The zero-order chi connectivity index (χ0) is 20.5. The van der Waals surface area contributed by atoms with Gasteiger partial charge in [0.25, 0.3) is 0 Å². The summed E-state index contributed by atoms with van der Waals surface area (Å²) < 4.78 is 0. The second-order valence-electron chi connectivity index (χ2n) is 7.28. The Morgan fingerprint density at radius 2 is 1.89 bits per heavy atom. The van der Waals surface area contributed by atoms with Gasteiger partial charge in [-0.1, -0.05) is 6.92 Å². The summed E-state index contributed by atoms with van der Waals surface area (Å²) in [5, 5.41) is 34.8. The molecule has 0 aliphatic carbocycles. The van der Waals surface area contributed by atoms with Gasteiger partial charge in [-0.25, -0.2) is 4.79 Å². The highest BCUT2D eigenvalue weighted by atomic mass is 32.2. The van der Waals surface area contributed by atoms with Crippen LogP contribution in [0.5, 0.6) is 0 Å². The number of hydrogen-bond donors (Lipinski definition) is 5. The van der Waals surface area contributed by atoms with E-state index in [2.05, 4.69) is 10.6 Å². The molecule has 0 aromatic heterocycles. The van der Waals surface area contributed by atoms with Crippen LogP contribution in [0.3, 0.4) is 0 Å². The maximum absolute atomic E-state index is 12.1. The number of hydrogen-bond acceptors (Lipinski definition) is 7. The fourth-order valence-electron chi connectivity index (χ4n) is 3.62. The predicted octanol–water partition coefficient (Wildman–Crippen LogP) is -0.476. The third-order valence-electron chi connectivity index (χ3n) is 5.04. The molecule has 6 atom stereocenters. The minimum atomic E-state index is -1.18. The van der Waals surface area contributed by atoms with Gasteiger partial charge in [-0.05, 0) is 13.3 Å². The number of carbonyl (C=O) groups excluding carboxylic acids is 1. The Hall–Kier alpha value is -1.78. The number of carbonyl (C=O) groups is 3. The number of thioether (sulfide) groups is 1. The Morgan fingerprint density at radius 1 is 1.26 bits per heavy atom. The van der Waals surface area contributed by atoms with E-state index < -0.39 is 30.0 Å². The average Bonchev–Trinajstić information content (AvgIpc) is 3.13. The van der Waals surface area contributed by atoms with Crippen LogP contribution in [-0.2, 0) is 14.4 Å². The highest BCUT2D eigenvalue weighted by molar-refractivity contribution is 8.03. The number of aliphatic hydroxyl groups is 1. The lowest BCUT2D eigenvalue weighted by Gasteiger charge is -2.27. The van der Waals surface area contributed by atoms with Crippen molar-refractivity contribution in [1.29, 1.82) is 0 Å². The van der Waals surface area contributed by atoms with Crippen molar-refractivity contribution in [3.05, 3.63) is 10.6 Å². The van der Waals surface area contributed by atoms with Crippen molar-refractivity contribution in [3.63, 3.8) is 0 Å². The van der Waals surface area contributed by atoms with Crippen LogP contribution in [0.1, 0.15) is 20.3 Å². The average molecular weight is 401 g/mol. The maximum Gasteiger partial charge on any atom is 0.352 e. The van der Waals surface area contributed by atoms with Crippen molar-refractivity contribution in [1.82, 2.24) is 15.5 Å². The van der Waals surface area contributed by atoms with Crippen LogP contribution in [0.2, 0.25) is 0 Å². The molecule has 2 aliphatic rings. The van der Waals surface area contributed by atoms with Crippen LogP contribution in [0.25, 0.3) is 0 Å². The molecule has 152 valence electrons. The number of aliphatic carboxylic acids is 2. The van der Waals surface area contributed by atoms with E-state index in [1.807, 2.05) is 0 Å². The lowest BCUT2D eigenvalue weighted by Crippen LogP contribution is -2.45. The second kappa shape index (κ2) is 8.49. The topological polar surface area (TPSA) is 139 Å². The third kappa shape index (κ3) is 4.56. The molecular formula is C17H27N3O6S. The summed E-state index contributed by atoms with van der Waals surface area (Å²) in [4.78, 5) is 37.4. The molecule has 9 nitrogen and oxygen atoms in total. The van der Waals surface area contributed by atoms with Crippen LogP contribution in [0.4, 0.5) is 0 Å². The van der Waals surface area contributed by atoms with Crippen LogP contribution < -0.4 is 10.6 Å². The molecule has 0 radical (unpaired) electrons. The minimum Gasteiger partial charge on any atom is -0.481 e. The molecule has 0 unspecified atom stereocenters. The predicted molar refractivity (Wildman–Crippen MR) is 100 cm³/mol. The maximum atomic E-state index is 12.1. The molecule has 1 amide bonds. The van der Waals surface area contributed by atoms with Gasteiger partial charge in [0.05, 0.1) is 12.1 Å². The van der Waals surface area contributed by atoms with Crippen LogP contribution in [-0.4, -0.2) is 82.1 Å². The van der Waals surface area contributed by atoms with Crippen molar-refractivity contribution >= 4 is 29.6 Å². The second-order valence-corrected chi connectivity index (χ2v) is 8.62. The molecule has 0 aromatic rings.